The SMILES string of the molecule is Clc1ccc(C(NC2CN3CCC2CC3)C2CC2)cc1. The van der Waals surface area contributed by atoms with E-state index in [4.69, 9.17) is 11.6 Å². The second-order valence-corrected chi connectivity index (χ2v) is 7.21. The summed E-state index contributed by atoms with van der Waals surface area (Å²) in [7, 11) is 0. The number of nitrogens with zero attached hydrogens (tertiary/aromatic N) is 1. The molecule has 4 aliphatic rings. The molecule has 3 aliphatic heterocycles. The lowest BCUT2D eigenvalue weighted by Gasteiger charge is -2.46. The van der Waals surface area contributed by atoms with Crippen LogP contribution in [-0.2, 0) is 0 Å². The van der Waals surface area contributed by atoms with Crippen LogP contribution >= 0.6 is 11.6 Å². The second-order valence-electron chi connectivity index (χ2n) is 6.78. The van der Waals surface area contributed by atoms with Gasteiger partial charge in [-0.3, -0.25) is 0 Å². The summed E-state index contributed by atoms with van der Waals surface area (Å²) in [5.41, 5.74) is 1.42. The van der Waals surface area contributed by atoms with Gasteiger partial charge in [-0.2, -0.15) is 0 Å². The Morgan fingerprint density at radius 2 is 1.75 bits per heavy atom. The van der Waals surface area contributed by atoms with Crippen LogP contribution in [0.3, 0.4) is 0 Å². The van der Waals surface area contributed by atoms with Crippen molar-refractivity contribution in [2.75, 3.05) is 19.6 Å². The number of hydrogen-bond acceptors (Lipinski definition) is 2. The van der Waals surface area contributed by atoms with Crippen LogP contribution < -0.4 is 5.32 Å². The molecule has 4 fully saturated rings. The molecule has 108 valence electrons. The Morgan fingerprint density at radius 1 is 1.05 bits per heavy atom. The fourth-order valence-corrected chi connectivity index (χ4v) is 4.11. The lowest BCUT2D eigenvalue weighted by atomic mass is 9.83. The van der Waals surface area contributed by atoms with Crippen LogP contribution in [0.5, 0.6) is 0 Å². The van der Waals surface area contributed by atoms with E-state index in [2.05, 4.69) is 22.3 Å². The quantitative estimate of drug-likeness (QED) is 0.913. The minimum Gasteiger partial charge on any atom is -0.305 e. The number of benzene rings is 1. The maximum atomic E-state index is 6.03. The Kier molecular flexibility index (Phi) is 3.49. The van der Waals surface area contributed by atoms with E-state index in [1.807, 2.05) is 12.1 Å². The predicted octanol–water partition coefficient (Wildman–Crippen LogP) is 3.47. The normalized spacial score (nSPS) is 34.1. The van der Waals surface area contributed by atoms with Crippen molar-refractivity contribution in [3.8, 4) is 0 Å². The standard InChI is InChI=1S/C17H23ClN2/c18-15-5-3-14(4-6-15)17(13-1-2-13)19-16-11-20-9-7-12(16)8-10-20/h3-6,12-13,16-17,19H,1-2,7-11H2. The van der Waals surface area contributed by atoms with Crippen molar-refractivity contribution in [1.82, 2.24) is 10.2 Å². The molecule has 3 heterocycles. The molecule has 0 radical (unpaired) electrons. The van der Waals surface area contributed by atoms with Crippen molar-refractivity contribution in [3.63, 3.8) is 0 Å². The van der Waals surface area contributed by atoms with Gasteiger partial charge in [-0.05, 0) is 68.3 Å². The van der Waals surface area contributed by atoms with Gasteiger partial charge in [0, 0.05) is 23.7 Å². The summed E-state index contributed by atoms with van der Waals surface area (Å²) >= 11 is 6.03. The van der Waals surface area contributed by atoms with Gasteiger partial charge in [-0.15, -0.1) is 0 Å². The van der Waals surface area contributed by atoms with Gasteiger partial charge in [0.15, 0.2) is 0 Å². The zero-order valence-electron chi connectivity index (χ0n) is 11.9. The number of piperidine rings is 3. The molecule has 0 spiro atoms. The summed E-state index contributed by atoms with van der Waals surface area (Å²) in [6.07, 6.45) is 5.52. The molecular weight excluding hydrogens is 268 g/mol. The van der Waals surface area contributed by atoms with Crippen molar-refractivity contribution in [2.45, 2.75) is 37.8 Å². The number of hydrogen-bond donors (Lipinski definition) is 1. The highest BCUT2D eigenvalue weighted by atomic mass is 35.5. The minimum atomic E-state index is 0.540. The Morgan fingerprint density at radius 3 is 2.30 bits per heavy atom. The molecule has 20 heavy (non-hydrogen) atoms. The second kappa shape index (κ2) is 5.32. The first kappa shape index (κ1) is 13.1. The van der Waals surface area contributed by atoms with Crippen molar-refractivity contribution < 1.29 is 0 Å². The van der Waals surface area contributed by atoms with Crippen LogP contribution in [0.25, 0.3) is 0 Å². The van der Waals surface area contributed by atoms with Crippen molar-refractivity contribution in [2.24, 2.45) is 11.8 Å². The van der Waals surface area contributed by atoms with Gasteiger partial charge in [0.05, 0.1) is 0 Å². The van der Waals surface area contributed by atoms with Crippen LogP contribution in [0.2, 0.25) is 5.02 Å². The van der Waals surface area contributed by atoms with Gasteiger partial charge in [-0.1, -0.05) is 23.7 Å². The van der Waals surface area contributed by atoms with Crippen LogP contribution in [0.4, 0.5) is 0 Å². The van der Waals surface area contributed by atoms with Gasteiger partial charge < -0.3 is 10.2 Å². The van der Waals surface area contributed by atoms with Crippen LogP contribution in [0, 0.1) is 11.8 Å². The molecule has 3 heteroatoms. The lowest BCUT2D eigenvalue weighted by molar-refractivity contribution is 0.0653. The molecule has 2 nitrogen and oxygen atoms in total. The van der Waals surface area contributed by atoms with E-state index in [-0.39, 0.29) is 0 Å². The Hall–Kier alpha value is -0.570. The molecule has 1 saturated carbocycles. The number of rotatable bonds is 4. The van der Waals surface area contributed by atoms with E-state index in [0.29, 0.717) is 12.1 Å². The van der Waals surface area contributed by atoms with Crippen molar-refractivity contribution >= 4 is 11.6 Å². The highest BCUT2D eigenvalue weighted by molar-refractivity contribution is 6.30. The van der Waals surface area contributed by atoms with E-state index in [1.54, 1.807) is 0 Å². The third kappa shape index (κ3) is 2.61. The highest BCUT2D eigenvalue weighted by Crippen LogP contribution is 2.42. The largest absolute Gasteiger partial charge is 0.305 e. The third-order valence-electron chi connectivity index (χ3n) is 5.37. The molecule has 1 aromatic carbocycles. The van der Waals surface area contributed by atoms with Gasteiger partial charge in [-0.25, -0.2) is 0 Å². The fourth-order valence-electron chi connectivity index (χ4n) is 3.99. The minimum absolute atomic E-state index is 0.540. The van der Waals surface area contributed by atoms with Crippen LogP contribution in [0.1, 0.15) is 37.3 Å². The summed E-state index contributed by atoms with van der Waals surface area (Å²) in [4.78, 5) is 2.63. The molecule has 1 aromatic rings. The van der Waals surface area contributed by atoms with Crippen molar-refractivity contribution in [1.29, 1.82) is 0 Å². The smallest absolute Gasteiger partial charge is 0.0406 e. The average Bonchev–Trinajstić information content (AvgIpc) is 3.32. The molecule has 5 rings (SSSR count). The first-order valence-corrected chi connectivity index (χ1v) is 8.41. The molecule has 3 saturated heterocycles. The molecule has 1 aliphatic carbocycles. The molecule has 1 N–H and O–H groups in total. The highest BCUT2D eigenvalue weighted by Gasteiger charge is 2.39. The number of nitrogens with one attached hydrogen (secondary N) is 1. The van der Waals surface area contributed by atoms with E-state index in [1.165, 1.54) is 50.9 Å². The van der Waals surface area contributed by atoms with Gasteiger partial charge in [0.2, 0.25) is 0 Å². The third-order valence-corrected chi connectivity index (χ3v) is 5.62. The van der Waals surface area contributed by atoms with Gasteiger partial charge in [0.1, 0.15) is 0 Å². The Bertz CT molecular complexity index is 460. The lowest BCUT2D eigenvalue weighted by Crippen LogP contribution is -2.56. The molecule has 0 aromatic heterocycles. The van der Waals surface area contributed by atoms with E-state index >= 15 is 0 Å². The van der Waals surface area contributed by atoms with E-state index < -0.39 is 0 Å². The van der Waals surface area contributed by atoms with E-state index in [9.17, 15) is 0 Å². The summed E-state index contributed by atoms with van der Waals surface area (Å²) in [6.45, 7) is 3.89. The van der Waals surface area contributed by atoms with Gasteiger partial charge in [0.25, 0.3) is 0 Å². The first-order valence-electron chi connectivity index (χ1n) is 8.03. The fraction of sp³-hybridized carbons (Fsp3) is 0.647. The van der Waals surface area contributed by atoms with Crippen LogP contribution in [0.15, 0.2) is 24.3 Å². The average molecular weight is 291 g/mol. The summed E-state index contributed by atoms with van der Waals surface area (Å²) in [6, 6.07) is 9.71. The Labute approximate surface area is 126 Å². The molecule has 2 unspecified atom stereocenters. The zero-order chi connectivity index (χ0) is 13.5. The molecule has 2 bridgehead atoms. The summed E-state index contributed by atoms with van der Waals surface area (Å²) < 4.78 is 0. The monoisotopic (exact) mass is 290 g/mol. The zero-order valence-corrected chi connectivity index (χ0v) is 12.6. The maximum Gasteiger partial charge on any atom is 0.0406 e. The molecule has 2 atom stereocenters. The van der Waals surface area contributed by atoms with Crippen molar-refractivity contribution in [3.05, 3.63) is 34.9 Å². The number of fused-ring (bicyclic) bond motifs is 3. The maximum absolute atomic E-state index is 6.03. The van der Waals surface area contributed by atoms with Gasteiger partial charge >= 0.3 is 0 Å². The Balaban J connectivity index is 1.50. The topological polar surface area (TPSA) is 15.3 Å². The van der Waals surface area contributed by atoms with Crippen LogP contribution in [-0.4, -0.2) is 30.6 Å². The first-order chi connectivity index (χ1) is 9.79. The number of halogens is 1. The predicted molar refractivity (Wildman–Crippen MR) is 83.0 cm³/mol. The molecule has 0 amide bonds. The molecular formula is C17H23ClN2. The summed E-state index contributed by atoms with van der Waals surface area (Å²) in [5, 5.41) is 4.84. The van der Waals surface area contributed by atoms with E-state index in [0.717, 1.165) is 16.9 Å². The summed E-state index contributed by atoms with van der Waals surface area (Å²) in [5.74, 6) is 1.74.